The Bertz CT molecular complexity index is 674. The Morgan fingerprint density at radius 1 is 1.29 bits per heavy atom. The summed E-state index contributed by atoms with van der Waals surface area (Å²) in [7, 11) is -1.90. The molecule has 1 heterocycles. The van der Waals surface area contributed by atoms with E-state index in [1.807, 2.05) is 18.9 Å². The molecule has 1 aliphatic heterocycles. The number of nitrogens with zero attached hydrogens (tertiary/aromatic N) is 2. The zero-order valence-electron chi connectivity index (χ0n) is 13.8. The Hall–Kier alpha value is -1.77. The average Bonchev–Trinajstić information content (AvgIpc) is 3.00. The number of likely N-dealkylation sites (N-methyl/N-ethyl adjacent to an activating group) is 1. The van der Waals surface area contributed by atoms with Crippen LogP contribution in [0.2, 0.25) is 0 Å². The van der Waals surface area contributed by atoms with Crippen molar-refractivity contribution in [2.75, 3.05) is 26.7 Å². The van der Waals surface area contributed by atoms with Crippen LogP contribution < -0.4 is 0 Å². The maximum Gasteiger partial charge on any atom is 0.293 e. The van der Waals surface area contributed by atoms with Crippen LogP contribution in [0.1, 0.15) is 12.0 Å². The summed E-state index contributed by atoms with van der Waals surface area (Å²) in [6, 6.07) is 5.80. The lowest BCUT2D eigenvalue weighted by Gasteiger charge is -2.24. The summed E-state index contributed by atoms with van der Waals surface area (Å²) < 4.78 is 31.6. The van der Waals surface area contributed by atoms with Gasteiger partial charge in [-0.25, -0.2) is 8.42 Å². The van der Waals surface area contributed by atoms with Crippen LogP contribution in [-0.2, 0) is 24.3 Å². The molecule has 1 saturated heterocycles. The highest BCUT2D eigenvalue weighted by Gasteiger charge is 2.41. The SMILES string of the molecule is Cc1ccc(S(=O)(=O)N2CC(N(C)CCOC=O)C[C@@H]2C=O)cc1. The standard InChI is InChI=1S/C16H22N2O5S/c1-13-3-5-16(6-4-13)24(21,22)18-10-14(9-15(18)11-19)17(2)7-8-23-12-20/h3-6,11-12,14-15H,7-10H2,1-2H3/t14?,15-/m1/s1. The molecular formula is C16H22N2O5S. The molecule has 2 atom stereocenters. The summed E-state index contributed by atoms with van der Waals surface area (Å²) in [4.78, 5) is 23.7. The molecular weight excluding hydrogens is 332 g/mol. The fourth-order valence-electron chi connectivity index (χ4n) is 2.81. The van der Waals surface area contributed by atoms with E-state index in [2.05, 4.69) is 4.74 Å². The largest absolute Gasteiger partial charge is 0.467 e. The van der Waals surface area contributed by atoms with E-state index in [4.69, 9.17) is 0 Å². The Morgan fingerprint density at radius 3 is 2.54 bits per heavy atom. The number of ether oxygens (including phenoxy) is 1. The van der Waals surface area contributed by atoms with Gasteiger partial charge in [0.2, 0.25) is 10.0 Å². The van der Waals surface area contributed by atoms with Gasteiger partial charge in [-0.15, -0.1) is 0 Å². The van der Waals surface area contributed by atoms with Crippen molar-refractivity contribution in [3.8, 4) is 0 Å². The van der Waals surface area contributed by atoms with E-state index in [0.29, 0.717) is 25.7 Å². The van der Waals surface area contributed by atoms with E-state index in [9.17, 15) is 18.0 Å². The first-order chi connectivity index (χ1) is 11.4. The van der Waals surface area contributed by atoms with Crippen LogP contribution in [0.25, 0.3) is 0 Å². The van der Waals surface area contributed by atoms with Crippen LogP contribution in [0.3, 0.4) is 0 Å². The van der Waals surface area contributed by atoms with Gasteiger partial charge >= 0.3 is 0 Å². The number of aryl methyl sites for hydroxylation is 1. The van der Waals surface area contributed by atoms with Gasteiger partial charge in [-0.1, -0.05) is 17.7 Å². The summed E-state index contributed by atoms with van der Waals surface area (Å²) >= 11 is 0. The highest BCUT2D eigenvalue weighted by Crippen LogP contribution is 2.27. The van der Waals surface area contributed by atoms with Crippen molar-refractivity contribution in [1.29, 1.82) is 0 Å². The quantitative estimate of drug-likeness (QED) is 0.497. The third-order valence-corrected chi connectivity index (χ3v) is 6.22. The predicted molar refractivity (Wildman–Crippen MR) is 88.0 cm³/mol. The molecule has 1 aromatic carbocycles. The molecule has 24 heavy (non-hydrogen) atoms. The minimum atomic E-state index is -3.72. The molecule has 8 heteroatoms. The Morgan fingerprint density at radius 2 is 1.96 bits per heavy atom. The van der Waals surface area contributed by atoms with Crippen molar-refractivity contribution in [2.45, 2.75) is 30.3 Å². The first-order valence-electron chi connectivity index (χ1n) is 7.69. The van der Waals surface area contributed by atoms with Crippen LogP contribution in [0, 0.1) is 6.92 Å². The number of carbonyl (C=O) groups is 2. The van der Waals surface area contributed by atoms with Gasteiger partial charge in [-0.3, -0.25) is 9.69 Å². The second-order valence-corrected chi connectivity index (χ2v) is 7.82. The number of benzene rings is 1. The highest BCUT2D eigenvalue weighted by atomic mass is 32.2. The van der Waals surface area contributed by atoms with E-state index < -0.39 is 16.1 Å². The molecule has 0 saturated carbocycles. The molecule has 132 valence electrons. The van der Waals surface area contributed by atoms with Crippen LogP contribution in [-0.4, -0.2) is 69.2 Å². The summed E-state index contributed by atoms with van der Waals surface area (Å²) in [5.74, 6) is 0. The number of rotatable bonds is 8. The smallest absolute Gasteiger partial charge is 0.293 e. The van der Waals surface area contributed by atoms with Crippen molar-refractivity contribution < 1.29 is 22.7 Å². The molecule has 1 aromatic rings. The maximum atomic E-state index is 12.8. The number of sulfonamides is 1. The van der Waals surface area contributed by atoms with E-state index in [-0.39, 0.29) is 24.1 Å². The van der Waals surface area contributed by atoms with Gasteiger partial charge in [0, 0.05) is 19.1 Å². The lowest BCUT2D eigenvalue weighted by atomic mass is 10.1. The molecule has 0 aromatic heterocycles. The molecule has 1 fully saturated rings. The van der Waals surface area contributed by atoms with Gasteiger partial charge in [0.1, 0.15) is 12.9 Å². The van der Waals surface area contributed by atoms with Gasteiger partial charge in [0.25, 0.3) is 6.47 Å². The zero-order valence-corrected chi connectivity index (χ0v) is 14.6. The Kier molecular flexibility index (Phi) is 6.09. The highest BCUT2D eigenvalue weighted by molar-refractivity contribution is 7.89. The van der Waals surface area contributed by atoms with Gasteiger partial charge in [-0.2, -0.15) is 4.31 Å². The van der Waals surface area contributed by atoms with Crippen molar-refractivity contribution in [3.05, 3.63) is 29.8 Å². The van der Waals surface area contributed by atoms with Crippen molar-refractivity contribution >= 4 is 22.8 Å². The van der Waals surface area contributed by atoms with Crippen molar-refractivity contribution in [3.63, 3.8) is 0 Å². The average molecular weight is 354 g/mol. The number of hydrogen-bond donors (Lipinski definition) is 0. The van der Waals surface area contributed by atoms with Crippen LogP contribution in [0.15, 0.2) is 29.2 Å². The van der Waals surface area contributed by atoms with E-state index in [1.54, 1.807) is 24.3 Å². The fourth-order valence-corrected chi connectivity index (χ4v) is 4.42. The van der Waals surface area contributed by atoms with Crippen LogP contribution in [0.5, 0.6) is 0 Å². The molecule has 0 amide bonds. The molecule has 0 bridgehead atoms. The second kappa shape index (κ2) is 7.87. The molecule has 7 nitrogen and oxygen atoms in total. The van der Waals surface area contributed by atoms with E-state index in [0.717, 1.165) is 5.56 Å². The monoisotopic (exact) mass is 354 g/mol. The topological polar surface area (TPSA) is 84.0 Å². The second-order valence-electron chi connectivity index (χ2n) is 5.93. The molecule has 0 aliphatic carbocycles. The maximum absolute atomic E-state index is 12.8. The Balaban J connectivity index is 2.15. The molecule has 0 spiro atoms. The third-order valence-electron chi connectivity index (χ3n) is 4.31. The summed E-state index contributed by atoms with van der Waals surface area (Å²) in [6.45, 7) is 3.20. The first kappa shape index (κ1) is 18.6. The summed E-state index contributed by atoms with van der Waals surface area (Å²) in [6.07, 6.45) is 1.10. The molecule has 0 N–H and O–H groups in total. The fraction of sp³-hybridized carbons (Fsp3) is 0.500. The van der Waals surface area contributed by atoms with Crippen LogP contribution >= 0.6 is 0 Å². The van der Waals surface area contributed by atoms with Gasteiger partial charge in [-0.05, 0) is 32.5 Å². The number of carbonyl (C=O) groups excluding carboxylic acids is 2. The van der Waals surface area contributed by atoms with Crippen molar-refractivity contribution in [2.24, 2.45) is 0 Å². The summed E-state index contributed by atoms with van der Waals surface area (Å²) in [5.41, 5.74) is 0.968. The normalized spacial score (nSPS) is 21.8. The number of hydrogen-bond acceptors (Lipinski definition) is 6. The first-order valence-corrected chi connectivity index (χ1v) is 9.13. The minimum absolute atomic E-state index is 0.101. The molecule has 2 rings (SSSR count). The van der Waals surface area contributed by atoms with Gasteiger partial charge in [0.15, 0.2) is 0 Å². The number of aldehydes is 1. The van der Waals surface area contributed by atoms with E-state index >= 15 is 0 Å². The minimum Gasteiger partial charge on any atom is -0.467 e. The lowest BCUT2D eigenvalue weighted by Crippen LogP contribution is -2.39. The molecule has 1 unspecified atom stereocenters. The predicted octanol–water partition coefficient (Wildman–Crippen LogP) is 0.430. The molecule has 0 radical (unpaired) electrons. The van der Waals surface area contributed by atoms with Gasteiger partial charge < -0.3 is 9.53 Å². The molecule has 1 aliphatic rings. The lowest BCUT2D eigenvalue weighted by molar-refractivity contribution is -0.129. The van der Waals surface area contributed by atoms with Gasteiger partial charge in [0.05, 0.1) is 10.9 Å². The zero-order chi connectivity index (χ0) is 17.7. The third kappa shape index (κ3) is 4.00. The van der Waals surface area contributed by atoms with Crippen molar-refractivity contribution in [1.82, 2.24) is 9.21 Å². The summed E-state index contributed by atoms with van der Waals surface area (Å²) in [5, 5.41) is 0. The van der Waals surface area contributed by atoms with Crippen LogP contribution in [0.4, 0.5) is 0 Å². The Labute approximate surface area is 142 Å². The van der Waals surface area contributed by atoms with E-state index in [1.165, 1.54) is 4.31 Å².